The van der Waals surface area contributed by atoms with E-state index in [-0.39, 0.29) is 28.6 Å². The first-order valence-corrected chi connectivity index (χ1v) is 7.88. The van der Waals surface area contributed by atoms with E-state index in [0.29, 0.717) is 5.92 Å². The maximum absolute atomic E-state index is 12.2. The van der Waals surface area contributed by atoms with Crippen LogP contribution in [0.15, 0.2) is 17.2 Å². The molecular formula is C16H19N3O5. The molecule has 3 atom stereocenters. The molecule has 3 N–H and O–H groups in total. The maximum Gasteiger partial charge on any atom is 0.311 e. The van der Waals surface area contributed by atoms with Crippen molar-refractivity contribution in [3.8, 4) is 11.5 Å². The van der Waals surface area contributed by atoms with Gasteiger partial charge in [0.1, 0.15) is 5.75 Å². The minimum absolute atomic E-state index is 0.0409. The summed E-state index contributed by atoms with van der Waals surface area (Å²) in [6.45, 7) is 2.12. The van der Waals surface area contributed by atoms with Crippen LogP contribution in [0.25, 0.3) is 0 Å². The Morgan fingerprint density at radius 2 is 2.17 bits per heavy atom. The summed E-state index contributed by atoms with van der Waals surface area (Å²) >= 11 is 0. The zero-order chi connectivity index (χ0) is 17.5. The first-order valence-electron chi connectivity index (χ1n) is 7.88. The van der Waals surface area contributed by atoms with Crippen LogP contribution in [0.1, 0.15) is 38.2 Å². The van der Waals surface area contributed by atoms with Crippen molar-refractivity contribution in [2.24, 2.45) is 22.4 Å². The molecule has 128 valence electrons. The van der Waals surface area contributed by atoms with E-state index in [9.17, 15) is 25.1 Å². The predicted molar refractivity (Wildman–Crippen MR) is 85.7 cm³/mol. The minimum atomic E-state index is -0.763. The molecule has 0 saturated heterocycles. The number of nitrogens with zero attached hydrogens (tertiary/aromatic N) is 2. The molecule has 2 aliphatic carbocycles. The molecule has 8 heteroatoms. The highest BCUT2D eigenvalue weighted by molar-refractivity contribution is 5.88. The van der Waals surface area contributed by atoms with Crippen LogP contribution in [0.3, 0.4) is 0 Å². The highest BCUT2D eigenvalue weighted by Gasteiger charge is 2.64. The standard InChI is InChI=1S/C16H19N3O5/c1-16-5-3-2-4-10(16)14(16)15(22)18-17-8-9-6-11(19(23)24)13(21)7-12(9)20/h6-8,10,14,20-21H,2-5H2,1H3,(H,18,22)/b17-8-/t10-,14+,16+/m1/s1. The number of benzene rings is 1. The van der Waals surface area contributed by atoms with Gasteiger partial charge in [-0.15, -0.1) is 0 Å². The van der Waals surface area contributed by atoms with Gasteiger partial charge in [0, 0.05) is 23.6 Å². The number of hydrazone groups is 1. The fourth-order valence-electron chi connectivity index (χ4n) is 3.92. The summed E-state index contributed by atoms with van der Waals surface area (Å²) in [5, 5.41) is 33.7. The number of fused-ring (bicyclic) bond motifs is 1. The Morgan fingerprint density at radius 1 is 1.42 bits per heavy atom. The van der Waals surface area contributed by atoms with E-state index >= 15 is 0 Å². The number of aromatic hydroxyl groups is 2. The van der Waals surface area contributed by atoms with Crippen LogP contribution in [0.4, 0.5) is 5.69 Å². The van der Waals surface area contributed by atoms with E-state index in [1.165, 1.54) is 0 Å². The quantitative estimate of drug-likeness (QED) is 0.443. The number of amides is 1. The van der Waals surface area contributed by atoms with Gasteiger partial charge in [-0.25, -0.2) is 5.43 Å². The average Bonchev–Trinajstić information content (AvgIpc) is 3.14. The number of rotatable bonds is 4. The van der Waals surface area contributed by atoms with E-state index in [1.54, 1.807) is 0 Å². The smallest absolute Gasteiger partial charge is 0.311 e. The van der Waals surface area contributed by atoms with Gasteiger partial charge in [-0.05, 0) is 24.2 Å². The van der Waals surface area contributed by atoms with Crippen molar-refractivity contribution in [2.75, 3.05) is 0 Å². The number of nitro groups is 1. The second-order valence-corrected chi connectivity index (χ2v) is 6.73. The summed E-state index contributed by atoms with van der Waals surface area (Å²) in [7, 11) is 0. The Labute approximate surface area is 138 Å². The lowest BCUT2D eigenvalue weighted by Gasteiger charge is -2.15. The van der Waals surface area contributed by atoms with Crippen molar-refractivity contribution in [1.29, 1.82) is 0 Å². The Morgan fingerprint density at radius 3 is 2.79 bits per heavy atom. The molecule has 0 spiro atoms. The van der Waals surface area contributed by atoms with Crippen LogP contribution in [0.2, 0.25) is 0 Å². The Balaban J connectivity index is 1.68. The molecule has 0 aliphatic heterocycles. The number of carbonyl (C=O) groups excluding carboxylic acids is 1. The molecule has 1 amide bonds. The van der Waals surface area contributed by atoms with Gasteiger partial charge in [0.2, 0.25) is 5.91 Å². The Hall–Kier alpha value is -2.64. The van der Waals surface area contributed by atoms with Crippen molar-refractivity contribution < 1.29 is 19.9 Å². The van der Waals surface area contributed by atoms with E-state index in [1.807, 2.05) is 0 Å². The summed E-state index contributed by atoms with van der Waals surface area (Å²) < 4.78 is 0. The number of hydrogen-bond acceptors (Lipinski definition) is 6. The summed E-state index contributed by atoms with van der Waals surface area (Å²) in [4.78, 5) is 22.3. The van der Waals surface area contributed by atoms with Crippen molar-refractivity contribution in [2.45, 2.75) is 32.6 Å². The van der Waals surface area contributed by atoms with Gasteiger partial charge in [0.25, 0.3) is 0 Å². The van der Waals surface area contributed by atoms with E-state index in [0.717, 1.165) is 44.0 Å². The van der Waals surface area contributed by atoms with Crippen LogP contribution in [-0.4, -0.2) is 27.3 Å². The lowest BCUT2D eigenvalue weighted by atomic mass is 9.90. The van der Waals surface area contributed by atoms with Gasteiger partial charge >= 0.3 is 5.69 Å². The molecular weight excluding hydrogens is 314 g/mol. The molecule has 3 rings (SSSR count). The van der Waals surface area contributed by atoms with Crippen molar-refractivity contribution >= 4 is 17.8 Å². The largest absolute Gasteiger partial charge is 0.507 e. The van der Waals surface area contributed by atoms with Gasteiger partial charge < -0.3 is 10.2 Å². The van der Waals surface area contributed by atoms with Crippen LogP contribution < -0.4 is 5.43 Å². The van der Waals surface area contributed by atoms with Crippen molar-refractivity contribution in [1.82, 2.24) is 5.43 Å². The van der Waals surface area contributed by atoms with Crippen LogP contribution in [-0.2, 0) is 4.79 Å². The average molecular weight is 333 g/mol. The molecule has 0 radical (unpaired) electrons. The topological polar surface area (TPSA) is 125 Å². The number of phenolic OH excluding ortho intramolecular Hbond substituents is 2. The lowest BCUT2D eigenvalue weighted by molar-refractivity contribution is -0.385. The number of carbonyl (C=O) groups is 1. The second-order valence-electron chi connectivity index (χ2n) is 6.73. The summed E-state index contributed by atoms with van der Waals surface area (Å²) in [5.41, 5.74) is 2.02. The van der Waals surface area contributed by atoms with Gasteiger partial charge in [0.05, 0.1) is 11.1 Å². The molecule has 0 bridgehead atoms. The van der Waals surface area contributed by atoms with Gasteiger partial charge in [-0.2, -0.15) is 5.10 Å². The molecule has 1 aromatic carbocycles. The molecule has 0 aromatic heterocycles. The third-order valence-electron chi connectivity index (χ3n) is 5.31. The number of phenols is 2. The lowest BCUT2D eigenvalue weighted by Crippen LogP contribution is -2.22. The molecule has 8 nitrogen and oxygen atoms in total. The normalized spacial score (nSPS) is 28.4. The minimum Gasteiger partial charge on any atom is -0.507 e. The van der Waals surface area contributed by atoms with E-state index in [4.69, 9.17) is 0 Å². The van der Waals surface area contributed by atoms with Gasteiger partial charge in [-0.3, -0.25) is 14.9 Å². The Kier molecular flexibility index (Phi) is 3.90. The number of nitrogens with one attached hydrogen (secondary N) is 1. The zero-order valence-corrected chi connectivity index (χ0v) is 13.2. The monoisotopic (exact) mass is 333 g/mol. The SMILES string of the molecule is C[C@]12CCCC[C@@H]1[C@H]2C(=O)N/N=C\c1cc([N+](=O)[O-])c(O)cc1O. The molecule has 2 saturated carbocycles. The fourth-order valence-corrected chi connectivity index (χ4v) is 3.92. The first kappa shape index (κ1) is 16.2. The number of hydrogen-bond donors (Lipinski definition) is 3. The second kappa shape index (κ2) is 5.77. The molecule has 24 heavy (non-hydrogen) atoms. The molecule has 2 aliphatic rings. The third-order valence-corrected chi connectivity index (χ3v) is 5.31. The van der Waals surface area contributed by atoms with Crippen molar-refractivity contribution in [3.05, 3.63) is 27.8 Å². The van der Waals surface area contributed by atoms with Crippen molar-refractivity contribution in [3.63, 3.8) is 0 Å². The highest BCUT2D eigenvalue weighted by Crippen LogP contribution is 2.66. The maximum atomic E-state index is 12.2. The van der Waals surface area contributed by atoms with Crippen LogP contribution in [0, 0.1) is 27.4 Å². The van der Waals surface area contributed by atoms with Crippen LogP contribution in [0.5, 0.6) is 11.5 Å². The summed E-state index contributed by atoms with van der Waals surface area (Å²) in [6.07, 6.45) is 5.53. The highest BCUT2D eigenvalue weighted by atomic mass is 16.6. The first-order chi connectivity index (χ1) is 11.3. The molecule has 0 unspecified atom stereocenters. The molecule has 2 fully saturated rings. The summed E-state index contributed by atoms with van der Waals surface area (Å²) in [6, 6.07) is 1.87. The summed E-state index contributed by atoms with van der Waals surface area (Å²) in [5.74, 6) is -0.783. The fraction of sp³-hybridized carbons (Fsp3) is 0.500. The zero-order valence-electron chi connectivity index (χ0n) is 13.2. The van der Waals surface area contributed by atoms with E-state index in [2.05, 4.69) is 17.5 Å². The van der Waals surface area contributed by atoms with Gasteiger partial charge in [-0.1, -0.05) is 19.8 Å². The third kappa shape index (κ3) is 2.68. The Bertz CT molecular complexity index is 733. The van der Waals surface area contributed by atoms with Crippen LogP contribution >= 0.6 is 0 Å². The molecule has 0 heterocycles. The van der Waals surface area contributed by atoms with Gasteiger partial charge in [0.15, 0.2) is 5.75 Å². The predicted octanol–water partition coefficient (Wildman–Crippen LogP) is 2.28. The van der Waals surface area contributed by atoms with E-state index < -0.39 is 16.4 Å². The molecule has 1 aromatic rings. The number of nitro benzene ring substituents is 1.